The molecule has 0 bridgehead atoms. The maximum atomic E-state index is 13.8. The fourth-order valence-electron chi connectivity index (χ4n) is 3.26. The highest BCUT2D eigenvalue weighted by Gasteiger charge is 2.35. The van der Waals surface area contributed by atoms with Crippen molar-refractivity contribution in [2.75, 3.05) is 19.8 Å². The molecule has 0 aliphatic carbocycles. The lowest BCUT2D eigenvalue weighted by Gasteiger charge is -2.21. The topological polar surface area (TPSA) is 141 Å². The van der Waals surface area contributed by atoms with E-state index in [1.165, 1.54) is 19.1 Å². The van der Waals surface area contributed by atoms with Gasteiger partial charge in [0.15, 0.2) is 5.69 Å². The molecule has 4 N–H and O–H groups in total. The summed E-state index contributed by atoms with van der Waals surface area (Å²) in [4.78, 5) is 21.1. The van der Waals surface area contributed by atoms with E-state index in [0.29, 0.717) is 37.3 Å². The first-order chi connectivity index (χ1) is 18.3. The molecular formula is C24H26F3N4O6PS. The summed E-state index contributed by atoms with van der Waals surface area (Å²) in [6.45, 7) is 8.32. The third-order valence-electron chi connectivity index (χ3n) is 5.24. The van der Waals surface area contributed by atoms with Crippen LogP contribution >= 0.6 is 19.2 Å². The summed E-state index contributed by atoms with van der Waals surface area (Å²) < 4.78 is 67.8. The fourth-order valence-corrected chi connectivity index (χ4v) is 4.58. The molecule has 0 amide bonds. The van der Waals surface area contributed by atoms with Gasteiger partial charge in [0.25, 0.3) is 0 Å². The van der Waals surface area contributed by atoms with Crippen molar-refractivity contribution in [3.63, 3.8) is 0 Å². The molecule has 0 radical (unpaired) electrons. The Hall–Kier alpha value is -3.05. The first-order valence-electron chi connectivity index (χ1n) is 11.6. The van der Waals surface area contributed by atoms with Crippen molar-refractivity contribution >= 4 is 24.8 Å². The summed E-state index contributed by atoms with van der Waals surface area (Å²) in [6.07, 6.45) is -2.85. The largest absolute Gasteiger partial charge is 0.495 e. The summed E-state index contributed by atoms with van der Waals surface area (Å²) in [5, 5.41) is 8.02. The van der Waals surface area contributed by atoms with E-state index < -0.39 is 31.7 Å². The summed E-state index contributed by atoms with van der Waals surface area (Å²) in [5.74, 6) is 0.268. The number of nitrogens with two attached hydrogens (primary N) is 1. The normalized spacial score (nSPS) is 13.5. The van der Waals surface area contributed by atoms with Crippen molar-refractivity contribution in [3.05, 3.63) is 64.5 Å². The SMILES string of the molecule is [C-]#[N+]c1cccc(OCCCCCOc2ccc(-c3nnc([C@@](C)(N)COP(=O)(O)O)s3)cc2C(F)(F)F)c1. The van der Waals surface area contributed by atoms with E-state index >= 15 is 0 Å². The van der Waals surface area contributed by atoms with E-state index in [2.05, 4.69) is 19.6 Å². The zero-order chi connectivity index (χ0) is 28.7. The van der Waals surface area contributed by atoms with Gasteiger partial charge in [-0.3, -0.25) is 4.52 Å². The number of rotatable bonds is 13. The maximum Gasteiger partial charge on any atom is 0.469 e. The smallest absolute Gasteiger partial charge is 0.469 e. The Morgan fingerprint density at radius 2 is 1.79 bits per heavy atom. The van der Waals surface area contributed by atoms with Gasteiger partial charge >= 0.3 is 14.0 Å². The molecule has 0 aliphatic rings. The summed E-state index contributed by atoms with van der Waals surface area (Å²) in [5.41, 5.74) is 4.22. The van der Waals surface area contributed by atoms with Crippen LogP contribution in [-0.2, 0) is 20.8 Å². The van der Waals surface area contributed by atoms with Gasteiger partial charge in [-0.1, -0.05) is 23.5 Å². The zero-order valence-electron chi connectivity index (χ0n) is 20.7. The molecule has 3 aromatic rings. The van der Waals surface area contributed by atoms with E-state index in [9.17, 15) is 17.7 Å². The van der Waals surface area contributed by atoms with Crippen molar-refractivity contribution in [2.24, 2.45) is 5.73 Å². The van der Waals surface area contributed by atoms with Gasteiger partial charge in [0, 0.05) is 5.56 Å². The zero-order valence-corrected chi connectivity index (χ0v) is 22.4. The monoisotopic (exact) mass is 586 g/mol. The molecule has 10 nitrogen and oxygen atoms in total. The minimum Gasteiger partial charge on any atom is -0.495 e. The number of hydrogen-bond donors (Lipinski definition) is 3. The number of hydrogen-bond acceptors (Lipinski definition) is 8. The molecule has 2 aromatic carbocycles. The minimum atomic E-state index is -4.78. The second-order valence-corrected chi connectivity index (χ2v) is 10.9. The molecule has 1 aromatic heterocycles. The van der Waals surface area contributed by atoms with Crippen LogP contribution in [0.5, 0.6) is 11.5 Å². The van der Waals surface area contributed by atoms with Crippen LogP contribution in [0.2, 0.25) is 0 Å². The summed E-state index contributed by atoms with van der Waals surface area (Å²) in [7, 11) is -4.78. The Morgan fingerprint density at radius 1 is 1.08 bits per heavy atom. The number of unbranched alkanes of at least 4 members (excludes halogenated alkanes) is 2. The van der Waals surface area contributed by atoms with Gasteiger partial charge in [-0.25, -0.2) is 9.41 Å². The Bertz CT molecular complexity index is 1360. The van der Waals surface area contributed by atoms with Gasteiger partial charge in [0.05, 0.1) is 37.5 Å². The fraction of sp³-hybridized carbons (Fsp3) is 0.375. The quantitative estimate of drug-likeness (QED) is 0.131. The van der Waals surface area contributed by atoms with Crippen molar-refractivity contribution in [1.82, 2.24) is 10.2 Å². The predicted octanol–water partition coefficient (Wildman–Crippen LogP) is 5.69. The van der Waals surface area contributed by atoms with Crippen molar-refractivity contribution in [1.29, 1.82) is 0 Å². The van der Waals surface area contributed by atoms with Gasteiger partial charge in [-0.15, -0.1) is 10.2 Å². The Labute approximate surface area is 226 Å². The second-order valence-electron chi connectivity index (χ2n) is 8.67. The predicted molar refractivity (Wildman–Crippen MR) is 137 cm³/mol. The standard InChI is InChI=1S/C24H26F3N4O6PS/c1-23(28,15-37-38(32,33)34)22-31-30-21(39-22)16-9-10-20(19(13-16)24(25,26)27)36-12-5-3-4-11-35-18-8-6-7-17(14-18)29-2/h6-10,13-14H,3-5,11-12,15,28H2,1H3,(H2,32,33,34)/t23-/m0/s1. The third kappa shape index (κ3) is 9.28. The number of halogens is 3. The molecule has 3 rings (SSSR count). The van der Waals surface area contributed by atoms with E-state index in [1.54, 1.807) is 24.3 Å². The van der Waals surface area contributed by atoms with Crippen LogP contribution in [0.1, 0.15) is 36.8 Å². The average Bonchev–Trinajstić information content (AvgIpc) is 3.38. The number of phosphoric ester groups is 1. The summed E-state index contributed by atoms with van der Waals surface area (Å²) >= 11 is 0.883. The molecule has 1 heterocycles. The Balaban J connectivity index is 1.57. The molecule has 0 saturated heterocycles. The van der Waals surface area contributed by atoms with Crippen LogP contribution in [-0.4, -0.2) is 39.8 Å². The van der Waals surface area contributed by atoms with Gasteiger partial charge < -0.3 is 25.0 Å². The first-order valence-corrected chi connectivity index (χ1v) is 13.9. The number of phosphoric acid groups is 1. The van der Waals surface area contributed by atoms with E-state index in [0.717, 1.165) is 17.4 Å². The van der Waals surface area contributed by atoms with Crippen molar-refractivity contribution in [3.8, 4) is 22.1 Å². The number of nitrogens with zero attached hydrogens (tertiary/aromatic N) is 3. The highest BCUT2D eigenvalue weighted by molar-refractivity contribution is 7.46. The molecule has 0 unspecified atom stereocenters. The van der Waals surface area contributed by atoms with Crippen LogP contribution < -0.4 is 15.2 Å². The lowest BCUT2D eigenvalue weighted by atomic mass is 10.1. The average molecular weight is 587 g/mol. The Kier molecular flexibility index (Phi) is 10.1. The van der Waals surface area contributed by atoms with E-state index in [1.807, 2.05) is 0 Å². The second kappa shape index (κ2) is 12.9. The molecule has 0 fully saturated rings. The number of alkyl halides is 3. The lowest BCUT2D eigenvalue weighted by molar-refractivity contribution is -0.138. The maximum absolute atomic E-state index is 13.8. The van der Waals surface area contributed by atoms with Crippen LogP contribution in [0.25, 0.3) is 15.4 Å². The number of aromatic nitrogens is 2. The first kappa shape index (κ1) is 30.5. The lowest BCUT2D eigenvalue weighted by Crippen LogP contribution is -2.37. The van der Waals surface area contributed by atoms with Gasteiger partial charge in [0.1, 0.15) is 21.5 Å². The highest BCUT2D eigenvalue weighted by Crippen LogP contribution is 2.41. The Morgan fingerprint density at radius 3 is 2.46 bits per heavy atom. The van der Waals surface area contributed by atoms with Crippen LogP contribution in [0.4, 0.5) is 18.9 Å². The van der Waals surface area contributed by atoms with Crippen molar-refractivity contribution in [2.45, 2.75) is 37.9 Å². The molecule has 210 valence electrons. The van der Waals surface area contributed by atoms with Gasteiger partial charge in [-0.2, -0.15) is 13.2 Å². The van der Waals surface area contributed by atoms with Crippen molar-refractivity contribution < 1.29 is 41.5 Å². The molecular weight excluding hydrogens is 560 g/mol. The molecule has 0 aliphatic heterocycles. The number of ether oxygens (including phenoxy) is 2. The summed E-state index contributed by atoms with van der Waals surface area (Å²) in [6, 6.07) is 10.3. The molecule has 39 heavy (non-hydrogen) atoms. The van der Waals surface area contributed by atoms with E-state index in [-0.39, 0.29) is 27.9 Å². The van der Waals surface area contributed by atoms with Crippen LogP contribution in [0.3, 0.4) is 0 Å². The third-order valence-corrected chi connectivity index (χ3v) is 6.96. The van der Waals surface area contributed by atoms with Gasteiger partial charge in [0.2, 0.25) is 0 Å². The minimum absolute atomic E-state index is 0.0731. The highest BCUT2D eigenvalue weighted by atomic mass is 32.1. The number of benzene rings is 2. The molecule has 0 saturated carbocycles. The molecule has 15 heteroatoms. The molecule has 0 spiro atoms. The van der Waals surface area contributed by atoms with Crippen LogP contribution in [0.15, 0.2) is 42.5 Å². The van der Waals surface area contributed by atoms with Gasteiger partial charge in [-0.05, 0) is 56.5 Å². The molecule has 1 atom stereocenters. The van der Waals surface area contributed by atoms with Crippen LogP contribution in [0, 0.1) is 6.57 Å². The van der Waals surface area contributed by atoms with E-state index in [4.69, 9.17) is 31.6 Å².